The van der Waals surface area contributed by atoms with Crippen molar-refractivity contribution in [2.24, 2.45) is 0 Å². The van der Waals surface area contributed by atoms with Crippen LogP contribution in [0, 0.1) is 5.82 Å². The highest BCUT2D eigenvalue weighted by Gasteiger charge is 2.33. The number of pyridine rings is 1. The van der Waals surface area contributed by atoms with Crippen LogP contribution in [0.25, 0.3) is 49.7 Å². The van der Waals surface area contributed by atoms with Gasteiger partial charge in [-0.1, -0.05) is 88.4 Å². The predicted octanol–water partition coefficient (Wildman–Crippen LogP) is 8.61. The average Bonchev–Trinajstić information content (AvgIpc) is 3.45. The van der Waals surface area contributed by atoms with Crippen molar-refractivity contribution in [3.63, 3.8) is 0 Å². The van der Waals surface area contributed by atoms with E-state index in [2.05, 4.69) is 97.5 Å². The minimum absolute atomic E-state index is 0.203. The van der Waals surface area contributed by atoms with Crippen molar-refractivity contribution in [3.05, 3.63) is 108 Å². The smallest absolute Gasteiger partial charge is 0.225 e. The molecule has 2 aromatic heterocycles. The van der Waals surface area contributed by atoms with Crippen LogP contribution in [0.2, 0.25) is 0 Å². The molecular weight excluding hydrogens is 455 g/mol. The molecule has 0 saturated heterocycles. The number of imidazole rings is 1. The number of rotatable bonds is 4. The van der Waals surface area contributed by atoms with E-state index in [1.165, 1.54) is 55.3 Å². The van der Waals surface area contributed by atoms with Gasteiger partial charge in [-0.25, -0.2) is 8.96 Å². The number of benzene rings is 4. The van der Waals surface area contributed by atoms with Crippen LogP contribution in [0.15, 0.2) is 85.1 Å². The molecule has 37 heavy (non-hydrogen) atoms. The third kappa shape index (κ3) is 3.20. The summed E-state index contributed by atoms with van der Waals surface area (Å²) in [6.07, 6.45) is 2.37. The highest BCUT2D eigenvalue weighted by atomic mass is 19.1. The third-order valence-electron chi connectivity index (χ3n) is 8.03. The fraction of sp³-hybridized carbons (Fsp3) is 0.206. The van der Waals surface area contributed by atoms with Crippen LogP contribution in [-0.4, -0.2) is 4.40 Å². The van der Waals surface area contributed by atoms with E-state index in [1.54, 1.807) is 12.1 Å². The molecule has 6 aromatic rings. The van der Waals surface area contributed by atoms with Crippen molar-refractivity contribution in [3.8, 4) is 22.4 Å². The molecule has 3 heteroatoms. The molecule has 7 rings (SSSR count). The molecule has 3 heterocycles. The van der Waals surface area contributed by atoms with E-state index in [9.17, 15) is 4.39 Å². The van der Waals surface area contributed by atoms with E-state index in [-0.39, 0.29) is 5.82 Å². The maximum Gasteiger partial charge on any atom is 0.295 e. The second-order valence-corrected chi connectivity index (χ2v) is 11.0. The maximum atomic E-state index is 13.7. The van der Waals surface area contributed by atoms with E-state index in [0.717, 1.165) is 17.7 Å². The summed E-state index contributed by atoms with van der Waals surface area (Å²) >= 11 is 0. The van der Waals surface area contributed by atoms with Crippen molar-refractivity contribution in [2.75, 3.05) is 0 Å². The second-order valence-electron chi connectivity index (χ2n) is 11.0. The van der Waals surface area contributed by atoms with Crippen molar-refractivity contribution < 1.29 is 8.96 Å². The lowest BCUT2D eigenvalue weighted by molar-refractivity contribution is -0.657. The number of para-hydroxylation sites is 1. The third-order valence-corrected chi connectivity index (χ3v) is 8.03. The summed E-state index contributed by atoms with van der Waals surface area (Å²) in [5.41, 5.74) is 11.3. The Kier molecular flexibility index (Phi) is 4.81. The molecule has 0 unspecified atom stereocenters. The number of nitrogens with zero attached hydrogens (tertiary/aromatic N) is 2. The molecular formula is C34H30FN2+. The summed E-state index contributed by atoms with van der Waals surface area (Å²) in [5, 5.41) is 3.99. The SMILES string of the molecule is CC(C)c1cc(-c2ccc(F)cc2)cc(C(C)C)c1-c1c[n+]2c3c4c(cccc4c4ccccc4n13)C2. The predicted molar refractivity (Wildman–Crippen MR) is 151 cm³/mol. The quantitative estimate of drug-likeness (QED) is 0.174. The molecule has 0 N–H and O–H groups in total. The molecule has 0 radical (unpaired) electrons. The van der Waals surface area contributed by atoms with Crippen molar-refractivity contribution in [1.82, 2.24) is 4.40 Å². The Morgan fingerprint density at radius 1 is 0.757 bits per heavy atom. The van der Waals surface area contributed by atoms with E-state index in [0.29, 0.717) is 11.8 Å². The molecule has 2 nitrogen and oxygen atoms in total. The summed E-state index contributed by atoms with van der Waals surface area (Å²) in [5.74, 6) is 0.458. The zero-order valence-corrected chi connectivity index (χ0v) is 21.7. The van der Waals surface area contributed by atoms with Gasteiger partial charge in [-0.2, -0.15) is 4.40 Å². The molecule has 1 aliphatic heterocycles. The first-order valence-electron chi connectivity index (χ1n) is 13.2. The molecule has 4 aromatic carbocycles. The zero-order chi connectivity index (χ0) is 25.4. The van der Waals surface area contributed by atoms with Crippen LogP contribution < -0.4 is 4.57 Å². The first-order valence-corrected chi connectivity index (χ1v) is 13.2. The van der Waals surface area contributed by atoms with Gasteiger partial charge in [0.2, 0.25) is 0 Å². The molecule has 0 atom stereocenters. The minimum Gasteiger partial charge on any atom is -0.225 e. The van der Waals surface area contributed by atoms with Gasteiger partial charge in [0.1, 0.15) is 24.1 Å². The molecule has 0 spiro atoms. The van der Waals surface area contributed by atoms with E-state index < -0.39 is 0 Å². The van der Waals surface area contributed by atoms with Gasteiger partial charge in [-0.15, -0.1) is 0 Å². The molecule has 0 amide bonds. The fourth-order valence-corrected chi connectivity index (χ4v) is 6.31. The van der Waals surface area contributed by atoms with Gasteiger partial charge in [0.05, 0.1) is 5.39 Å². The Balaban J connectivity index is 1.62. The first kappa shape index (κ1) is 22.2. The largest absolute Gasteiger partial charge is 0.295 e. The summed E-state index contributed by atoms with van der Waals surface area (Å²) in [6.45, 7) is 10.0. The summed E-state index contributed by atoms with van der Waals surface area (Å²) < 4.78 is 18.6. The number of fused-ring (bicyclic) bond motifs is 3. The average molecular weight is 486 g/mol. The molecule has 0 bridgehead atoms. The number of aromatic nitrogens is 2. The zero-order valence-electron chi connectivity index (χ0n) is 21.7. The Morgan fingerprint density at radius 3 is 2.14 bits per heavy atom. The highest BCUT2D eigenvalue weighted by Crippen LogP contribution is 2.43. The van der Waals surface area contributed by atoms with Gasteiger partial charge < -0.3 is 0 Å². The lowest BCUT2D eigenvalue weighted by atomic mass is 9.84. The van der Waals surface area contributed by atoms with Crippen molar-refractivity contribution >= 4 is 27.3 Å². The van der Waals surface area contributed by atoms with Gasteiger partial charge in [0, 0.05) is 21.9 Å². The maximum absolute atomic E-state index is 13.7. The van der Waals surface area contributed by atoms with Crippen LogP contribution in [-0.2, 0) is 6.54 Å². The standard InChI is InChI=1S/C34H30FN2/c1-20(2)28-16-24(22-12-14-25(35)15-13-22)17-29(21(3)4)33(28)31-19-36-18-23-8-7-10-27-26-9-5-6-11-30(26)37(31)34(36)32(23)27/h5-17,19-21H,18H2,1-4H3/q+1. The van der Waals surface area contributed by atoms with E-state index >= 15 is 0 Å². The minimum atomic E-state index is -0.203. The second kappa shape index (κ2) is 8.01. The molecule has 0 aliphatic carbocycles. The van der Waals surface area contributed by atoms with Crippen LogP contribution in [0.5, 0.6) is 0 Å². The van der Waals surface area contributed by atoms with Crippen molar-refractivity contribution in [1.29, 1.82) is 0 Å². The summed E-state index contributed by atoms with van der Waals surface area (Å²) in [4.78, 5) is 0. The van der Waals surface area contributed by atoms with E-state index in [1.807, 2.05) is 12.1 Å². The fourth-order valence-electron chi connectivity index (χ4n) is 6.31. The van der Waals surface area contributed by atoms with Gasteiger partial charge in [-0.3, -0.25) is 0 Å². The van der Waals surface area contributed by atoms with Crippen LogP contribution in [0.3, 0.4) is 0 Å². The lowest BCUT2D eigenvalue weighted by Crippen LogP contribution is -2.28. The Labute approximate surface area is 216 Å². The van der Waals surface area contributed by atoms with Crippen molar-refractivity contribution in [2.45, 2.75) is 46.1 Å². The number of hydrogen-bond donors (Lipinski definition) is 0. The Bertz CT molecular complexity index is 1830. The monoisotopic (exact) mass is 485 g/mol. The van der Waals surface area contributed by atoms with Gasteiger partial charge in [0.25, 0.3) is 5.65 Å². The highest BCUT2D eigenvalue weighted by molar-refractivity contribution is 6.13. The summed E-state index contributed by atoms with van der Waals surface area (Å²) in [7, 11) is 0. The normalized spacial score (nSPS) is 12.8. The lowest BCUT2D eigenvalue weighted by Gasteiger charge is -2.20. The van der Waals surface area contributed by atoms with Gasteiger partial charge >= 0.3 is 0 Å². The van der Waals surface area contributed by atoms with E-state index in [4.69, 9.17) is 0 Å². The molecule has 0 fully saturated rings. The Hall–Kier alpha value is -3.98. The Morgan fingerprint density at radius 2 is 1.43 bits per heavy atom. The molecule has 182 valence electrons. The topological polar surface area (TPSA) is 8.29 Å². The van der Waals surface area contributed by atoms with Crippen LogP contribution in [0.4, 0.5) is 4.39 Å². The van der Waals surface area contributed by atoms with Crippen LogP contribution >= 0.6 is 0 Å². The first-order chi connectivity index (χ1) is 17.9. The molecule has 1 aliphatic rings. The number of halogens is 1. The van der Waals surface area contributed by atoms with Gasteiger partial charge in [-0.05, 0) is 52.3 Å². The number of hydrogen-bond acceptors (Lipinski definition) is 0. The molecule has 0 saturated carbocycles. The summed E-state index contributed by atoms with van der Waals surface area (Å²) in [6, 6.07) is 27.0. The van der Waals surface area contributed by atoms with Gasteiger partial charge in [0.15, 0.2) is 5.69 Å². The van der Waals surface area contributed by atoms with Crippen LogP contribution in [0.1, 0.15) is 56.2 Å².